The van der Waals surface area contributed by atoms with Crippen LogP contribution < -0.4 is 10.1 Å². The number of ether oxygens (including phenoxy) is 1. The second kappa shape index (κ2) is 8.59. The number of amides is 2. The molecule has 1 aliphatic heterocycles. The smallest absolute Gasteiger partial charge is 0.289 e. The third-order valence-electron chi connectivity index (χ3n) is 5.61. The molecule has 0 atom stereocenters. The average molecular weight is 426 g/mol. The molecule has 0 bridgehead atoms. The van der Waals surface area contributed by atoms with E-state index in [2.05, 4.69) is 5.32 Å². The fraction of sp³-hybridized carbons (Fsp3) is 0.154. The van der Waals surface area contributed by atoms with Crippen LogP contribution in [0.3, 0.4) is 0 Å². The fourth-order valence-electron chi connectivity index (χ4n) is 3.97. The van der Waals surface area contributed by atoms with Gasteiger partial charge in [-0.25, -0.2) is 0 Å². The van der Waals surface area contributed by atoms with Crippen molar-refractivity contribution in [2.75, 3.05) is 18.5 Å². The molecule has 0 radical (unpaired) electrons. The van der Waals surface area contributed by atoms with E-state index >= 15 is 0 Å². The van der Waals surface area contributed by atoms with Crippen molar-refractivity contribution in [1.82, 2.24) is 4.90 Å². The summed E-state index contributed by atoms with van der Waals surface area (Å²) in [6.07, 6.45) is 2.26. The first kappa shape index (κ1) is 19.9. The Labute approximate surface area is 185 Å². The van der Waals surface area contributed by atoms with Crippen LogP contribution >= 0.6 is 0 Å². The van der Waals surface area contributed by atoms with Gasteiger partial charge in [0.05, 0.1) is 6.26 Å². The standard InChI is InChI=1S/C26H22N2O4/c29-25(17-32-23-10-8-18-4-1-2-5-20(18)15-23)27-22-9-7-19-11-12-28(16-21(19)14-22)26(30)24-6-3-13-31-24/h1-10,13-15H,11-12,16-17H2,(H,27,29). The van der Waals surface area contributed by atoms with Crippen LogP contribution in [-0.4, -0.2) is 29.9 Å². The number of nitrogens with one attached hydrogen (secondary N) is 1. The number of hydrogen-bond acceptors (Lipinski definition) is 4. The van der Waals surface area contributed by atoms with Gasteiger partial charge in [-0.15, -0.1) is 0 Å². The lowest BCUT2D eigenvalue weighted by atomic mass is 9.99. The topological polar surface area (TPSA) is 71.8 Å². The summed E-state index contributed by atoms with van der Waals surface area (Å²) in [5.41, 5.74) is 2.88. The molecule has 6 nitrogen and oxygen atoms in total. The lowest BCUT2D eigenvalue weighted by Gasteiger charge is -2.28. The van der Waals surface area contributed by atoms with E-state index in [1.54, 1.807) is 17.0 Å². The molecule has 1 aliphatic rings. The number of carbonyl (C=O) groups is 2. The minimum absolute atomic E-state index is 0.0848. The molecular weight excluding hydrogens is 404 g/mol. The molecule has 6 heteroatoms. The van der Waals surface area contributed by atoms with Gasteiger partial charge in [0.1, 0.15) is 5.75 Å². The normalized spacial score (nSPS) is 12.9. The second-order valence-corrected chi connectivity index (χ2v) is 7.78. The Hall–Kier alpha value is -4.06. The Kier molecular flexibility index (Phi) is 5.34. The first-order valence-electron chi connectivity index (χ1n) is 10.5. The van der Waals surface area contributed by atoms with Crippen LogP contribution in [0.1, 0.15) is 21.7 Å². The predicted octanol–water partition coefficient (Wildman–Crippen LogP) is 4.65. The molecule has 0 fully saturated rings. The van der Waals surface area contributed by atoms with Gasteiger partial charge in [0.15, 0.2) is 12.4 Å². The van der Waals surface area contributed by atoms with E-state index in [4.69, 9.17) is 9.15 Å². The molecule has 0 saturated heterocycles. The van der Waals surface area contributed by atoms with Crippen molar-refractivity contribution in [3.05, 3.63) is 95.9 Å². The van der Waals surface area contributed by atoms with Gasteiger partial charge < -0.3 is 19.4 Å². The molecule has 0 saturated carbocycles. The van der Waals surface area contributed by atoms with Crippen LogP contribution in [0.15, 0.2) is 83.5 Å². The zero-order valence-electron chi connectivity index (χ0n) is 17.4. The van der Waals surface area contributed by atoms with Gasteiger partial charge in [-0.05, 0) is 64.7 Å². The number of nitrogens with zero attached hydrogens (tertiary/aromatic N) is 1. The Morgan fingerprint density at radius 1 is 0.938 bits per heavy atom. The van der Waals surface area contributed by atoms with Gasteiger partial charge in [0.25, 0.3) is 11.8 Å². The third kappa shape index (κ3) is 4.21. The molecule has 2 amide bonds. The Balaban J connectivity index is 1.21. The first-order valence-corrected chi connectivity index (χ1v) is 10.5. The maximum Gasteiger partial charge on any atom is 0.289 e. The van der Waals surface area contributed by atoms with Gasteiger partial charge in [0.2, 0.25) is 0 Å². The SMILES string of the molecule is O=C(COc1ccc2ccccc2c1)Nc1ccc2c(c1)CN(C(=O)c1ccco1)CC2. The van der Waals surface area contributed by atoms with Gasteiger partial charge in [-0.1, -0.05) is 36.4 Å². The molecule has 5 rings (SSSR count). The maximum atomic E-state index is 12.6. The summed E-state index contributed by atoms with van der Waals surface area (Å²) in [5.74, 6) is 0.622. The largest absolute Gasteiger partial charge is 0.484 e. The highest BCUT2D eigenvalue weighted by atomic mass is 16.5. The highest BCUT2D eigenvalue weighted by Gasteiger charge is 2.23. The van der Waals surface area contributed by atoms with Crippen LogP contribution in [-0.2, 0) is 17.8 Å². The summed E-state index contributed by atoms with van der Waals surface area (Å²) in [5, 5.41) is 5.07. The number of benzene rings is 3. The van der Waals surface area contributed by atoms with E-state index in [0.717, 1.165) is 22.8 Å². The van der Waals surface area contributed by atoms with E-state index in [0.29, 0.717) is 30.3 Å². The van der Waals surface area contributed by atoms with Crippen molar-refractivity contribution in [2.24, 2.45) is 0 Å². The predicted molar refractivity (Wildman–Crippen MR) is 122 cm³/mol. The van der Waals surface area contributed by atoms with Gasteiger partial charge >= 0.3 is 0 Å². The van der Waals surface area contributed by atoms with E-state index in [-0.39, 0.29) is 18.4 Å². The molecule has 160 valence electrons. The highest BCUT2D eigenvalue weighted by Crippen LogP contribution is 2.24. The van der Waals surface area contributed by atoms with E-state index in [1.807, 2.05) is 60.7 Å². The minimum Gasteiger partial charge on any atom is -0.484 e. The summed E-state index contributed by atoms with van der Waals surface area (Å²) in [6, 6.07) is 22.9. The number of rotatable bonds is 5. The molecule has 0 aliphatic carbocycles. The average Bonchev–Trinajstić information content (AvgIpc) is 3.37. The van der Waals surface area contributed by atoms with Crippen LogP contribution in [0, 0.1) is 0 Å². The van der Waals surface area contributed by atoms with E-state index in [9.17, 15) is 9.59 Å². The maximum absolute atomic E-state index is 12.6. The summed E-state index contributed by atoms with van der Waals surface area (Å²) < 4.78 is 10.9. The molecule has 1 aromatic heterocycles. The summed E-state index contributed by atoms with van der Waals surface area (Å²) in [4.78, 5) is 26.8. The molecule has 3 aromatic carbocycles. The third-order valence-corrected chi connectivity index (χ3v) is 5.61. The Morgan fingerprint density at radius 3 is 2.66 bits per heavy atom. The highest BCUT2D eigenvalue weighted by molar-refractivity contribution is 5.93. The van der Waals surface area contributed by atoms with Crippen molar-refractivity contribution in [2.45, 2.75) is 13.0 Å². The van der Waals surface area contributed by atoms with Crippen LogP contribution in [0.4, 0.5) is 5.69 Å². The fourth-order valence-corrected chi connectivity index (χ4v) is 3.97. The zero-order chi connectivity index (χ0) is 21.9. The number of hydrogen-bond donors (Lipinski definition) is 1. The molecule has 2 heterocycles. The van der Waals surface area contributed by atoms with Gasteiger partial charge in [-0.3, -0.25) is 9.59 Å². The quantitative estimate of drug-likeness (QED) is 0.504. The monoisotopic (exact) mass is 426 g/mol. The van der Waals surface area contributed by atoms with Gasteiger partial charge in [0, 0.05) is 18.8 Å². The van der Waals surface area contributed by atoms with Crippen molar-refractivity contribution >= 4 is 28.3 Å². The van der Waals surface area contributed by atoms with Crippen molar-refractivity contribution in [3.8, 4) is 5.75 Å². The Morgan fingerprint density at radius 2 is 1.81 bits per heavy atom. The lowest BCUT2D eigenvalue weighted by molar-refractivity contribution is -0.118. The Bertz CT molecular complexity index is 1280. The van der Waals surface area contributed by atoms with Crippen molar-refractivity contribution < 1.29 is 18.7 Å². The minimum atomic E-state index is -0.238. The number of furan rings is 1. The molecule has 32 heavy (non-hydrogen) atoms. The van der Waals surface area contributed by atoms with Crippen molar-refractivity contribution in [3.63, 3.8) is 0 Å². The first-order chi connectivity index (χ1) is 15.7. The van der Waals surface area contributed by atoms with Crippen LogP contribution in [0.5, 0.6) is 5.75 Å². The summed E-state index contributed by atoms with van der Waals surface area (Å²) in [7, 11) is 0. The molecule has 0 spiro atoms. The second-order valence-electron chi connectivity index (χ2n) is 7.78. The number of anilines is 1. The van der Waals surface area contributed by atoms with E-state index < -0.39 is 0 Å². The molecule has 1 N–H and O–H groups in total. The lowest BCUT2D eigenvalue weighted by Crippen LogP contribution is -2.35. The summed E-state index contributed by atoms with van der Waals surface area (Å²) >= 11 is 0. The van der Waals surface area contributed by atoms with Crippen molar-refractivity contribution in [1.29, 1.82) is 0 Å². The van der Waals surface area contributed by atoms with Crippen LogP contribution in [0.25, 0.3) is 10.8 Å². The molecule has 4 aromatic rings. The zero-order valence-corrected chi connectivity index (χ0v) is 17.4. The number of carbonyl (C=O) groups excluding carboxylic acids is 2. The van der Waals surface area contributed by atoms with E-state index in [1.165, 1.54) is 11.8 Å². The van der Waals surface area contributed by atoms with Crippen LogP contribution in [0.2, 0.25) is 0 Å². The number of fused-ring (bicyclic) bond motifs is 2. The van der Waals surface area contributed by atoms with Gasteiger partial charge in [-0.2, -0.15) is 0 Å². The molecular formula is C26H22N2O4. The summed E-state index contributed by atoms with van der Waals surface area (Å²) in [6.45, 7) is 1.03. The molecule has 0 unspecified atom stereocenters.